The number of β-amino-alcohol motifs (C(OH)–C–C–N with tert-alkyl or cyclic N) is 1. The van der Waals surface area contributed by atoms with E-state index in [-0.39, 0.29) is 12.6 Å². The van der Waals surface area contributed by atoms with Crippen LogP contribution in [-0.2, 0) is 16.9 Å². The van der Waals surface area contributed by atoms with Crippen LogP contribution in [0.5, 0.6) is 0 Å². The SMILES string of the molecule is Cc1c(C(O)(CN2CCN(C(=O)O)CC2)C(C)(C)C)ccc2c1COC2=O. The molecule has 1 unspecified atom stereocenters. The second-order valence-corrected chi connectivity index (χ2v) is 8.50. The number of esters is 1. The summed E-state index contributed by atoms with van der Waals surface area (Å²) in [6.07, 6.45) is -0.903. The van der Waals surface area contributed by atoms with Gasteiger partial charge in [0.25, 0.3) is 0 Å². The zero-order valence-corrected chi connectivity index (χ0v) is 16.4. The van der Waals surface area contributed by atoms with Crippen LogP contribution < -0.4 is 0 Å². The van der Waals surface area contributed by atoms with Crippen molar-refractivity contribution >= 4 is 12.1 Å². The molecule has 0 spiro atoms. The highest BCUT2D eigenvalue weighted by Gasteiger charge is 2.45. The summed E-state index contributed by atoms with van der Waals surface area (Å²) in [7, 11) is 0. The Hall–Kier alpha value is -2.12. The Labute approximate surface area is 159 Å². The van der Waals surface area contributed by atoms with Gasteiger partial charge in [-0.3, -0.25) is 4.90 Å². The third kappa shape index (κ3) is 3.41. The van der Waals surface area contributed by atoms with E-state index in [1.165, 1.54) is 4.90 Å². The van der Waals surface area contributed by atoms with E-state index in [9.17, 15) is 14.7 Å². The summed E-state index contributed by atoms with van der Waals surface area (Å²) in [6.45, 7) is 10.6. The van der Waals surface area contributed by atoms with Crippen LogP contribution in [0.1, 0.15) is 47.8 Å². The number of carboxylic acid groups (broad SMARTS) is 1. The van der Waals surface area contributed by atoms with Crippen molar-refractivity contribution in [2.75, 3.05) is 32.7 Å². The van der Waals surface area contributed by atoms with Gasteiger partial charge in [0.2, 0.25) is 0 Å². The molecule has 0 saturated carbocycles. The van der Waals surface area contributed by atoms with E-state index in [0.29, 0.717) is 38.3 Å². The van der Waals surface area contributed by atoms with Gasteiger partial charge < -0.3 is 19.8 Å². The van der Waals surface area contributed by atoms with Gasteiger partial charge >= 0.3 is 12.1 Å². The summed E-state index contributed by atoms with van der Waals surface area (Å²) in [4.78, 5) is 26.5. The first-order valence-electron chi connectivity index (χ1n) is 9.27. The van der Waals surface area contributed by atoms with E-state index in [2.05, 4.69) is 4.90 Å². The van der Waals surface area contributed by atoms with Crippen molar-refractivity contribution in [1.82, 2.24) is 9.80 Å². The minimum atomic E-state index is -1.15. The lowest BCUT2D eigenvalue weighted by Gasteiger charge is -2.46. The normalized spacial score (nSPS) is 20.2. The Morgan fingerprint density at radius 3 is 2.37 bits per heavy atom. The molecule has 0 aromatic heterocycles. The summed E-state index contributed by atoms with van der Waals surface area (Å²) < 4.78 is 5.15. The lowest BCUT2D eigenvalue weighted by atomic mass is 9.70. The molecule has 1 saturated heterocycles. The summed E-state index contributed by atoms with van der Waals surface area (Å²) >= 11 is 0. The van der Waals surface area contributed by atoms with E-state index in [1.54, 1.807) is 6.07 Å². The number of ether oxygens (including phenoxy) is 1. The van der Waals surface area contributed by atoms with E-state index in [1.807, 2.05) is 33.8 Å². The number of piperazine rings is 1. The minimum absolute atomic E-state index is 0.241. The standard InChI is InChI=1S/C20H28N2O5/c1-13-15-11-27-17(23)14(15)5-6-16(13)20(26,19(2,3)4)12-21-7-9-22(10-8-21)18(24)25/h5-6,26H,7-12H2,1-4H3,(H,24,25). The Balaban J connectivity index is 1.91. The van der Waals surface area contributed by atoms with E-state index < -0.39 is 17.1 Å². The Bertz CT molecular complexity index is 762. The van der Waals surface area contributed by atoms with Crippen molar-refractivity contribution in [1.29, 1.82) is 0 Å². The molecule has 0 radical (unpaired) electrons. The zero-order valence-electron chi connectivity index (χ0n) is 16.4. The molecule has 3 rings (SSSR count). The molecule has 2 N–H and O–H groups in total. The molecule has 1 fully saturated rings. The van der Waals surface area contributed by atoms with Crippen molar-refractivity contribution in [3.05, 3.63) is 34.4 Å². The number of hydrogen-bond donors (Lipinski definition) is 2. The van der Waals surface area contributed by atoms with Gasteiger partial charge in [-0.1, -0.05) is 26.8 Å². The number of amides is 1. The fraction of sp³-hybridized carbons (Fsp3) is 0.600. The summed E-state index contributed by atoms with van der Waals surface area (Å²) in [6, 6.07) is 3.57. The van der Waals surface area contributed by atoms with Crippen molar-refractivity contribution in [2.45, 2.75) is 39.9 Å². The topological polar surface area (TPSA) is 90.3 Å². The predicted octanol–water partition coefficient (Wildman–Crippen LogP) is 2.19. The number of fused-ring (bicyclic) bond motifs is 1. The number of aliphatic hydroxyl groups is 1. The van der Waals surface area contributed by atoms with E-state index in [4.69, 9.17) is 9.84 Å². The molecule has 2 aliphatic heterocycles. The highest BCUT2D eigenvalue weighted by Crippen LogP contribution is 2.43. The van der Waals surface area contributed by atoms with Crippen LogP contribution in [0.2, 0.25) is 0 Å². The molecule has 148 valence electrons. The molecular formula is C20H28N2O5. The molecule has 7 heteroatoms. The van der Waals surface area contributed by atoms with Crippen LogP contribution in [-0.4, -0.2) is 64.8 Å². The molecular weight excluding hydrogens is 348 g/mol. The van der Waals surface area contributed by atoms with Gasteiger partial charge in [0.05, 0.1) is 5.56 Å². The molecule has 2 aliphatic rings. The van der Waals surface area contributed by atoms with Gasteiger partial charge in [0.1, 0.15) is 12.2 Å². The molecule has 1 aromatic rings. The van der Waals surface area contributed by atoms with Crippen LogP contribution in [0.25, 0.3) is 0 Å². The molecule has 1 aromatic carbocycles. The summed E-state index contributed by atoms with van der Waals surface area (Å²) in [5.74, 6) is -0.316. The first-order valence-corrected chi connectivity index (χ1v) is 9.27. The van der Waals surface area contributed by atoms with Crippen LogP contribution >= 0.6 is 0 Å². The number of hydrogen-bond acceptors (Lipinski definition) is 5. The highest BCUT2D eigenvalue weighted by molar-refractivity contribution is 5.94. The lowest BCUT2D eigenvalue weighted by molar-refractivity contribution is -0.0918. The van der Waals surface area contributed by atoms with Crippen LogP contribution in [0.4, 0.5) is 4.79 Å². The Morgan fingerprint density at radius 1 is 1.19 bits per heavy atom. The maximum Gasteiger partial charge on any atom is 0.407 e. The van der Waals surface area contributed by atoms with Gasteiger partial charge in [0, 0.05) is 38.3 Å². The van der Waals surface area contributed by atoms with Gasteiger partial charge in [-0.15, -0.1) is 0 Å². The number of rotatable bonds is 3. The van der Waals surface area contributed by atoms with Gasteiger partial charge in [0.15, 0.2) is 0 Å². The van der Waals surface area contributed by atoms with Crippen LogP contribution in [0.15, 0.2) is 12.1 Å². The maximum absolute atomic E-state index is 11.8. The van der Waals surface area contributed by atoms with Gasteiger partial charge in [-0.2, -0.15) is 0 Å². The highest BCUT2D eigenvalue weighted by atomic mass is 16.5. The smallest absolute Gasteiger partial charge is 0.407 e. The number of benzene rings is 1. The quantitative estimate of drug-likeness (QED) is 0.786. The molecule has 1 amide bonds. The molecule has 0 aliphatic carbocycles. The summed E-state index contributed by atoms with van der Waals surface area (Å²) in [5.41, 5.74) is 1.49. The monoisotopic (exact) mass is 376 g/mol. The van der Waals surface area contributed by atoms with Crippen molar-refractivity contribution in [3.8, 4) is 0 Å². The van der Waals surface area contributed by atoms with Crippen LogP contribution in [0.3, 0.4) is 0 Å². The van der Waals surface area contributed by atoms with Crippen LogP contribution in [0, 0.1) is 12.3 Å². The molecule has 0 bridgehead atoms. The molecule has 2 heterocycles. The van der Waals surface area contributed by atoms with Crippen molar-refractivity contribution < 1.29 is 24.5 Å². The van der Waals surface area contributed by atoms with Gasteiger partial charge in [-0.05, 0) is 29.5 Å². The Morgan fingerprint density at radius 2 is 1.81 bits per heavy atom. The predicted molar refractivity (Wildman–Crippen MR) is 99.7 cm³/mol. The number of carbonyl (C=O) groups excluding carboxylic acids is 1. The largest absolute Gasteiger partial charge is 0.465 e. The van der Waals surface area contributed by atoms with E-state index in [0.717, 1.165) is 16.7 Å². The average Bonchev–Trinajstić information content (AvgIpc) is 2.96. The van der Waals surface area contributed by atoms with E-state index >= 15 is 0 Å². The van der Waals surface area contributed by atoms with Crippen molar-refractivity contribution in [2.24, 2.45) is 5.41 Å². The first kappa shape index (κ1) is 19.6. The number of nitrogens with zero attached hydrogens (tertiary/aromatic N) is 2. The maximum atomic E-state index is 11.8. The molecule has 1 atom stereocenters. The summed E-state index contributed by atoms with van der Waals surface area (Å²) in [5, 5.41) is 21.0. The third-order valence-corrected chi connectivity index (χ3v) is 5.95. The second-order valence-electron chi connectivity index (χ2n) is 8.50. The van der Waals surface area contributed by atoms with Gasteiger partial charge in [-0.25, -0.2) is 9.59 Å². The number of carbonyl (C=O) groups is 2. The zero-order chi connectivity index (χ0) is 20.0. The fourth-order valence-electron chi connectivity index (χ4n) is 3.94. The average molecular weight is 376 g/mol. The Kier molecular flexibility index (Phi) is 4.94. The number of cyclic esters (lactones) is 1. The third-order valence-electron chi connectivity index (χ3n) is 5.95. The fourth-order valence-corrected chi connectivity index (χ4v) is 3.94. The lowest BCUT2D eigenvalue weighted by Crippen LogP contribution is -2.55. The minimum Gasteiger partial charge on any atom is -0.465 e. The molecule has 7 nitrogen and oxygen atoms in total. The second kappa shape index (κ2) is 6.80. The first-order chi connectivity index (χ1) is 12.5. The molecule has 27 heavy (non-hydrogen) atoms. The van der Waals surface area contributed by atoms with Crippen molar-refractivity contribution in [3.63, 3.8) is 0 Å².